The van der Waals surface area contributed by atoms with Crippen molar-refractivity contribution in [2.75, 3.05) is 13.7 Å². The van der Waals surface area contributed by atoms with E-state index in [0.717, 1.165) is 17.1 Å². The van der Waals surface area contributed by atoms with E-state index >= 15 is 0 Å². The van der Waals surface area contributed by atoms with Crippen molar-refractivity contribution in [2.24, 2.45) is 0 Å². The van der Waals surface area contributed by atoms with Crippen LogP contribution in [-0.2, 0) is 6.54 Å². The number of para-hydroxylation sites is 1. The van der Waals surface area contributed by atoms with Crippen molar-refractivity contribution in [3.8, 4) is 5.75 Å². The molecule has 2 aromatic rings. The van der Waals surface area contributed by atoms with Crippen molar-refractivity contribution in [3.63, 3.8) is 0 Å². The van der Waals surface area contributed by atoms with E-state index in [9.17, 15) is 5.11 Å². The molecule has 4 heteroatoms. The number of methoxy groups -OCH3 is 1. The van der Waals surface area contributed by atoms with Gasteiger partial charge in [0.05, 0.1) is 26.0 Å². The van der Waals surface area contributed by atoms with Crippen LogP contribution in [0.1, 0.15) is 17.4 Å². The van der Waals surface area contributed by atoms with Crippen LogP contribution in [-0.4, -0.2) is 18.8 Å². The minimum absolute atomic E-state index is 0.0112. The fourth-order valence-corrected chi connectivity index (χ4v) is 1.83. The van der Waals surface area contributed by atoms with Gasteiger partial charge in [0.1, 0.15) is 11.5 Å². The quantitative estimate of drug-likeness (QED) is 0.821. The highest BCUT2D eigenvalue weighted by atomic mass is 16.5. The van der Waals surface area contributed by atoms with Crippen LogP contribution >= 0.6 is 0 Å². The van der Waals surface area contributed by atoms with Crippen molar-refractivity contribution >= 4 is 0 Å². The molecule has 0 radical (unpaired) electrons. The van der Waals surface area contributed by atoms with Gasteiger partial charge in [0.15, 0.2) is 0 Å². The van der Waals surface area contributed by atoms with Crippen molar-refractivity contribution in [1.82, 2.24) is 5.32 Å². The summed E-state index contributed by atoms with van der Waals surface area (Å²) in [6, 6.07) is 11.2. The maximum absolute atomic E-state index is 9.35. The molecule has 1 aromatic carbocycles. The standard InChI is InChI=1S/C14H17NO3/c1-17-13-6-3-2-5-11(13)9-15-12(10-16)14-7-4-8-18-14/h2-8,12,15-16H,9-10H2,1H3. The Labute approximate surface area is 106 Å². The molecule has 18 heavy (non-hydrogen) atoms. The van der Waals surface area contributed by atoms with Gasteiger partial charge in [-0.1, -0.05) is 18.2 Å². The maximum Gasteiger partial charge on any atom is 0.123 e. The van der Waals surface area contributed by atoms with Gasteiger partial charge in [-0.2, -0.15) is 0 Å². The number of hydrogen-bond acceptors (Lipinski definition) is 4. The molecule has 0 fully saturated rings. The van der Waals surface area contributed by atoms with Gasteiger partial charge in [0.2, 0.25) is 0 Å². The molecule has 96 valence electrons. The summed E-state index contributed by atoms with van der Waals surface area (Å²) >= 11 is 0. The Morgan fingerprint density at radius 2 is 2.11 bits per heavy atom. The minimum Gasteiger partial charge on any atom is -0.496 e. The number of furan rings is 1. The highest BCUT2D eigenvalue weighted by molar-refractivity contribution is 5.33. The van der Waals surface area contributed by atoms with E-state index in [1.807, 2.05) is 36.4 Å². The fraction of sp³-hybridized carbons (Fsp3) is 0.286. The Morgan fingerprint density at radius 1 is 1.28 bits per heavy atom. The normalized spacial score (nSPS) is 12.3. The summed E-state index contributed by atoms with van der Waals surface area (Å²) in [5.74, 6) is 1.56. The highest BCUT2D eigenvalue weighted by Crippen LogP contribution is 2.19. The molecule has 1 atom stereocenters. The third-order valence-electron chi connectivity index (χ3n) is 2.80. The van der Waals surface area contributed by atoms with Crippen molar-refractivity contribution in [1.29, 1.82) is 0 Å². The first-order valence-corrected chi connectivity index (χ1v) is 5.84. The number of rotatable bonds is 6. The molecule has 0 saturated carbocycles. The van der Waals surface area contributed by atoms with E-state index in [0.29, 0.717) is 6.54 Å². The molecule has 2 N–H and O–H groups in total. The van der Waals surface area contributed by atoms with Crippen LogP contribution < -0.4 is 10.1 Å². The van der Waals surface area contributed by atoms with Crippen LogP contribution in [0.3, 0.4) is 0 Å². The Balaban J connectivity index is 2.02. The zero-order chi connectivity index (χ0) is 12.8. The van der Waals surface area contributed by atoms with Crippen LogP contribution in [0, 0.1) is 0 Å². The summed E-state index contributed by atoms with van der Waals surface area (Å²) in [7, 11) is 1.65. The van der Waals surface area contributed by atoms with E-state index in [-0.39, 0.29) is 12.6 Å². The number of nitrogens with one attached hydrogen (secondary N) is 1. The van der Waals surface area contributed by atoms with Crippen molar-refractivity contribution in [3.05, 3.63) is 54.0 Å². The van der Waals surface area contributed by atoms with Gasteiger partial charge in [0.25, 0.3) is 0 Å². The summed E-state index contributed by atoms with van der Waals surface area (Å²) in [5.41, 5.74) is 1.05. The highest BCUT2D eigenvalue weighted by Gasteiger charge is 2.13. The second-order valence-electron chi connectivity index (χ2n) is 3.94. The largest absolute Gasteiger partial charge is 0.496 e. The van der Waals surface area contributed by atoms with E-state index in [4.69, 9.17) is 9.15 Å². The summed E-state index contributed by atoms with van der Waals surface area (Å²) < 4.78 is 10.6. The number of ether oxygens (including phenoxy) is 1. The predicted octanol–water partition coefficient (Wildman–Crippen LogP) is 2.11. The minimum atomic E-state index is -0.204. The first-order chi connectivity index (χ1) is 8.85. The molecule has 1 unspecified atom stereocenters. The molecular weight excluding hydrogens is 230 g/mol. The Morgan fingerprint density at radius 3 is 2.78 bits per heavy atom. The first kappa shape index (κ1) is 12.7. The lowest BCUT2D eigenvalue weighted by Gasteiger charge is -2.15. The molecule has 0 spiro atoms. The summed E-state index contributed by atoms with van der Waals surface area (Å²) in [6.07, 6.45) is 1.60. The lowest BCUT2D eigenvalue weighted by atomic mass is 10.1. The van der Waals surface area contributed by atoms with Gasteiger partial charge >= 0.3 is 0 Å². The maximum atomic E-state index is 9.35. The fourth-order valence-electron chi connectivity index (χ4n) is 1.83. The van der Waals surface area contributed by atoms with E-state index in [1.165, 1.54) is 0 Å². The van der Waals surface area contributed by atoms with Gasteiger partial charge in [0, 0.05) is 12.1 Å². The topological polar surface area (TPSA) is 54.6 Å². The SMILES string of the molecule is COc1ccccc1CNC(CO)c1ccco1. The molecule has 0 amide bonds. The predicted molar refractivity (Wildman–Crippen MR) is 68.4 cm³/mol. The molecule has 0 aliphatic carbocycles. The third-order valence-corrected chi connectivity index (χ3v) is 2.80. The van der Waals surface area contributed by atoms with Crippen LogP contribution in [0.5, 0.6) is 5.75 Å². The number of hydrogen-bond donors (Lipinski definition) is 2. The van der Waals surface area contributed by atoms with E-state index in [1.54, 1.807) is 13.4 Å². The van der Waals surface area contributed by atoms with Gasteiger partial charge in [-0.15, -0.1) is 0 Å². The Bertz CT molecular complexity index is 468. The zero-order valence-electron chi connectivity index (χ0n) is 10.3. The summed E-state index contributed by atoms with van der Waals surface area (Å²) in [5, 5.41) is 12.6. The molecule has 0 bridgehead atoms. The zero-order valence-corrected chi connectivity index (χ0v) is 10.3. The number of aliphatic hydroxyl groups excluding tert-OH is 1. The number of aliphatic hydroxyl groups is 1. The molecular formula is C14H17NO3. The average Bonchev–Trinajstić information content (AvgIpc) is 2.94. The lowest BCUT2D eigenvalue weighted by Crippen LogP contribution is -2.23. The van der Waals surface area contributed by atoms with E-state index in [2.05, 4.69) is 5.32 Å². The molecule has 4 nitrogen and oxygen atoms in total. The summed E-state index contributed by atoms with van der Waals surface area (Å²) in [6.45, 7) is 0.596. The smallest absolute Gasteiger partial charge is 0.123 e. The lowest BCUT2D eigenvalue weighted by molar-refractivity contribution is 0.225. The van der Waals surface area contributed by atoms with Crippen LogP contribution in [0.4, 0.5) is 0 Å². The molecule has 0 aliphatic heterocycles. The van der Waals surface area contributed by atoms with Gasteiger partial charge in [-0.05, 0) is 18.2 Å². The Kier molecular flexibility index (Phi) is 4.39. The van der Waals surface area contributed by atoms with Crippen LogP contribution in [0.25, 0.3) is 0 Å². The summed E-state index contributed by atoms with van der Waals surface area (Å²) in [4.78, 5) is 0. The first-order valence-electron chi connectivity index (χ1n) is 5.84. The molecule has 0 aliphatic rings. The third kappa shape index (κ3) is 2.91. The van der Waals surface area contributed by atoms with E-state index < -0.39 is 0 Å². The average molecular weight is 247 g/mol. The molecule has 1 aromatic heterocycles. The number of benzene rings is 1. The van der Waals surface area contributed by atoms with Gasteiger partial charge < -0.3 is 19.6 Å². The van der Waals surface area contributed by atoms with Gasteiger partial charge in [-0.3, -0.25) is 0 Å². The molecule has 2 rings (SSSR count). The van der Waals surface area contributed by atoms with Gasteiger partial charge in [-0.25, -0.2) is 0 Å². The molecule has 0 saturated heterocycles. The Hall–Kier alpha value is -1.78. The second kappa shape index (κ2) is 6.23. The second-order valence-corrected chi connectivity index (χ2v) is 3.94. The van der Waals surface area contributed by atoms with Crippen LogP contribution in [0.15, 0.2) is 47.1 Å². The van der Waals surface area contributed by atoms with Crippen molar-refractivity contribution < 1.29 is 14.3 Å². The van der Waals surface area contributed by atoms with Crippen LogP contribution in [0.2, 0.25) is 0 Å². The monoisotopic (exact) mass is 247 g/mol. The van der Waals surface area contributed by atoms with Crippen molar-refractivity contribution in [2.45, 2.75) is 12.6 Å². The molecule has 1 heterocycles.